The van der Waals surface area contributed by atoms with Crippen LogP contribution in [0.5, 0.6) is 5.75 Å². The van der Waals surface area contributed by atoms with Crippen molar-refractivity contribution in [2.75, 3.05) is 6.61 Å². The number of hydrogen-bond acceptors (Lipinski definition) is 2. The first kappa shape index (κ1) is 13.4. The van der Waals surface area contributed by atoms with E-state index in [2.05, 4.69) is 0 Å². The second kappa shape index (κ2) is 5.75. The third-order valence-electron chi connectivity index (χ3n) is 2.55. The van der Waals surface area contributed by atoms with Crippen LogP contribution in [0.15, 0.2) is 42.5 Å². The molecule has 0 heterocycles. The molecule has 1 atom stereocenters. The Morgan fingerprint density at radius 1 is 1.00 bits per heavy atom. The molecule has 1 unspecified atom stereocenters. The number of aliphatic hydroxyl groups excluding tert-OH is 1. The van der Waals surface area contributed by atoms with Gasteiger partial charge in [0, 0.05) is 11.6 Å². The minimum atomic E-state index is -1.31. The molecular weight excluding hydrogens is 257 g/mol. The van der Waals surface area contributed by atoms with Crippen molar-refractivity contribution in [3.05, 3.63) is 65.5 Å². The molecule has 0 spiro atoms. The maximum absolute atomic E-state index is 13.4. The molecule has 0 aliphatic rings. The highest BCUT2D eigenvalue weighted by Crippen LogP contribution is 2.21. The molecule has 0 aliphatic heterocycles. The smallest absolute Gasteiger partial charge is 0.165 e. The molecule has 2 rings (SSSR count). The molecule has 0 amide bonds. The first-order valence-corrected chi connectivity index (χ1v) is 5.58. The molecule has 0 fully saturated rings. The van der Waals surface area contributed by atoms with Crippen LogP contribution >= 0.6 is 0 Å². The highest BCUT2D eigenvalue weighted by atomic mass is 19.1. The predicted molar refractivity (Wildman–Crippen MR) is 63.2 cm³/mol. The molecule has 2 aromatic rings. The average Bonchev–Trinajstić information content (AvgIpc) is 2.37. The predicted octanol–water partition coefficient (Wildman–Crippen LogP) is 3.22. The SMILES string of the molecule is OC(COc1ccccc1F)c1ccc(F)cc1F. The van der Waals surface area contributed by atoms with Crippen molar-refractivity contribution in [1.82, 2.24) is 0 Å². The minimum absolute atomic E-state index is 0.0379. The first-order chi connectivity index (χ1) is 9.08. The zero-order valence-electron chi connectivity index (χ0n) is 9.82. The van der Waals surface area contributed by atoms with E-state index in [1.807, 2.05) is 0 Å². The molecular formula is C14H11F3O2. The number of halogens is 3. The number of benzene rings is 2. The van der Waals surface area contributed by atoms with Crippen LogP contribution in [0.1, 0.15) is 11.7 Å². The zero-order chi connectivity index (χ0) is 13.8. The molecule has 5 heteroatoms. The van der Waals surface area contributed by atoms with Gasteiger partial charge in [0.1, 0.15) is 24.3 Å². The summed E-state index contributed by atoms with van der Waals surface area (Å²) in [6.07, 6.45) is -1.31. The van der Waals surface area contributed by atoms with E-state index >= 15 is 0 Å². The maximum atomic E-state index is 13.4. The highest BCUT2D eigenvalue weighted by Gasteiger charge is 2.15. The zero-order valence-corrected chi connectivity index (χ0v) is 9.82. The lowest BCUT2D eigenvalue weighted by Gasteiger charge is -2.13. The Balaban J connectivity index is 2.05. The summed E-state index contributed by atoms with van der Waals surface area (Å²) in [5.41, 5.74) is -0.0993. The van der Waals surface area contributed by atoms with Crippen LogP contribution in [-0.4, -0.2) is 11.7 Å². The minimum Gasteiger partial charge on any atom is -0.487 e. The molecule has 0 radical (unpaired) electrons. The van der Waals surface area contributed by atoms with Gasteiger partial charge in [-0.05, 0) is 18.2 Å². The third-order valence-corrected chi connectivity index (χ3v) is 2.55. The van der Waals surface area contributed by atoms with E-state index in [-0.39, 0.29) is 17.9 Å². The molecule has 1 N–H and O–H groups in total. The van der Waals surface area contributed by atoms with Crippen molar-refractivity contribution in [2.45, 2.75) is 6.10 Å². The first-order valence-electron chi connectivity index (χ1n) is 5.58. The largest absolute Gasteiger partial charge is 0.487 e. The summed E-state index contributed by atoms with van der Waals surface area (Å²) in [7, 11) is 0. The van der Waals surface area contributed by atoms with E-state index in [0.717, 1.165) is 12.1 Å². The molecule has 0 aliphatic carbocycles. The summed E-state index contributed by atoms with van der Waals surface area (Å²) in [5, 5.41) is 9.73. The number of rotatable bonds is 4. The van der Waals surface area contributed by atoms with Crippen molar-refractivity contribution in [3.63, 3.8) is 0 Å². The van der Waals surface area contributed by atoms with Gasteiger partial charge in [-0.25, -0.2) is 13.2 Å². The van der Waals surface area contributed by atoms with Crippen LogP contribution in [0.3, 0.4) is 0 Å². The lowest BCUT2D eigenvalue weighted by atomic mass is 10.1. The third kappa shape index (κ3) is 3.26. The quantitative estimate of drug-likeness (QED) is 0.922. The van der Waals surface area contributed by atoms with Gasteiger partial charge in [0.2, 0.25) is 0 Å². The second-order valence-corrected chi connectivity index (χ2v) is 3.92. The molecule has 0 bridgehead atoms. The lowest BCUT2D eigenvalue weighted by molar-refractivity contribution is 0.102. The summed E-state index contributed by atoms with van der Waals surface area (Å²) in [5.74, 6) is -2.22. The number of para-hydroxylation sites is 1. The number of aliphatic hydroxyl groups is 1. The van der Waals surface area contributed by atoms with E-state index in [1.54, 1.807) is 6.07 Å². The van der Waals surface area contributed by atoms with Crippen LogP contribution in [0, 0.1) is 17.5 Å². The van der Waals surface area contributed by atoms with Gasteiger partial charge in [0.25, 0.3) is 0 Å². The Labute approximate surface area is 108 Å². The summed E-state index contributed by atoms with van der Waals surface area (Å²) in [6, 6.07) is 8.50. The van der Waals surface area contributed by atoms with Gasteiger partial charge in [-0.15, -0.1) is 0 Å². The Morgan fingerprint density at radius 3 is 2.42 bits per heavy atom. The maximum Gasteiger partial charge on any atom is 0.165 e. The Morgan fingerprint density at radius 2 is 1.74 bits per heavy atom. The molecule has 0 aromatic heterocycles. The summed E-state index contributed by atoms with van der Waals surface area (Å²) < 4.78 is 44.4. The molecule has 2 nitrogen and oxygen atoms in total. The molecule has 0 saturated heterocycles. The molecule has 0 saturated carbocycles. The fraction of sp³-hybridized carbons (Fsp3) is 0.143. The van der Waals surface area contributed by atoms with Gasteiger partial charge >= 0.3 is 0 Å². The van der Waals surface area contributed by atoms with E-state index < -0.39 is 23.6 Å². The average molecular weight is 268 g/mol. The lowest BCUT2D eigenvalue weighted by Crippen LogP contribution is -2.12. The van der Waals surface area contributed by atoms with Crippen LogP contribution in [0.2, 0.25) is 0 Å². The van der Waals surface area contributed by atoms with E-state index in [9.17, 15) is 18.3 Å². The van der Waals surface area contributed by atoms with Crippen molar-refractivity contribution in [3.8, 4) is 5.75 Å². The van der Waals surface area contributed by atoms with Gasteiger partial charge in [0.05, 0.1) is 0 Å². The topological polar surface area (TPSA) is 29.5 Å². The van der Waals surface area contributed by atoms with Crippen LogP contribution in [0.25, 0.3) is 0 Å². The Hall–Kier alpha value is -2.01. The fourth-order valence-corrected chi connectivity index (χ4v) is 1.59. The second-order valence-electron chi connectivity index (χ2n) is 3.92. The number of ether oxygens (including phenoxy) is 1. The van der Waals surface area contributed by atoms with Crippen molar-refractivity contribution >= 4 is 0 Å². The molecule has 2 aromatic carbocycles. The van der Waals surface area contributed by atoms with E-state index in [1.165, 1.54) is 18.2 Å². The van der Waals surface area contributed by atoms with Crippen molar-refractivity contribution in [2.24, 2.45) is 0 Å². The van der Waals surface area contributed by atoms with Gasteiger partial charge in [-0.1, -0.05) is 18.2 Å². The fourth-order valence-electron chi connectivity index (χ4n) is 1.59. The van der Waals surface area contributed by atoms with Crippen molar-refractivity contribution < 1.29 is 23.0 Å². The number of hydrogen-bond donors (Lipinski definition) is 1. The summed E-state index contributed by atoms with van der Waals surface area (Å²) in [6.45, 7) is -0.330. The van der Waals surface area contributed by atoms with E-state index in [0.29, 0.717) is 6.07 Å². The summed E-state index contributed by atoms with van der Waals surface area (Å²) >= 11 is 0. The van der Waals surface area contributed by atoms with Crippen molar-refractivity contribution in [1.29, 1.82) is 0 Å². The van der Waals surface area contributed by atoms with Gasteiger partial charge in [-0.2, -0.15) is 0 Å². The van der Waals surface area contributed by atoms with Gasteiger partial charge in [0.15, 0.2) is 11.6 Å². The van der Waals surface area contributed by atoms with Gasteiger partial charge < -0.3 is 9.84 Å². The Kier molecular flexibility index (Phi) is 4.06. The van der Waals surface area contributed by atoms with Crippen LogP contribution in [-0.2, 0) is 0 Å². The van der Waals surface area contributed by atoms with Crippen LogP contribution < -0.4 is 4.74 Å². The van der Waals surface area contributed by atoms with E-state index in [4.69, 9.17) is 4.74 Å². The standard InChI is InChI=1S/C14H11F3O2/c15-9-5-6-10(12(17)7-9)13(18)8-19-14-4-2-1-3-11(14)16/h1-7,13,18H,8H2. The van der Waals surface area contributed by atoms with Gasteiger partial charge in [-0.3, -0.25) is 0 Å². The normalized spacial score (nSPS) is 12.2. The Bertz CT molecular complexity index is 572. The van der Waals surface area contributed by atoms with Crippen LogP contribution in [0.4, 0.5) is 13.2 Å². The monoisotopic (exact) mass is 268 g/mol. The summed E-state index contributed by atoms with van der Waals surface area (Å²) in [4.78, 5) is 0. The molecule has 100 valence electrons. The highest BCUT2D eigenvalue weighted by molar-refractivity contribution is 5.25. The molecule has 19 heavy (non-hydrogen) atoms.